The number of para-hydroxylation sites is 1. The van der Waals surface area contributed by atoms with Gasteiger partial charge in [0.05, 0.1) is 18.5 Å². The Balaban J connectivity index is 1.44. The molecule has 33 heavy (non-hydrogen) atoms. The number of ether oxygens (including phenoxy) is 1. The molecule has 5 aromatic rings. The van der Waals surface area contributed by atoms with Crippen molar-refractivity contribution in [3.63, 3.8) is 0 Å². The maximum Gasteiger partial charge on any atom is 0.251 e. The first-order valence-electron chi connectivity index (χ1n) is 10.8. The van der Waals surface area contributed by atoms with Gasteiger partial charge in [-0.2, -0.15) is 5.10 Å². The highest BCUT2D eigenvalue weighted by atomic mass is 16.5. The van der Waals surface area contributed by atoms with Crippen LogP contribution in [0.5, 0.6) is 5.75 Å². The number of carbonyl (C=O) groups excluding carboxylic acids is 1. The van der Waals surface area contributed by atoms with Gasteiger partial charge in [-0.05, 0) is 59.3 Å². The zero-order valence-corrected chi connectivity index (χ0v) is 18.2. The van der Waals surface area contributed by atoms with Crippen LogP contribution in [0.2, 0.25) is 0 Å². The number of methoxy groups -OCH3 is 1. The third-order valence-electron chi connectivity index (χ3n) is 5.63. The Morgan fingerprint density at radius 3 is 2.36 bits per heavy atom. The van der Waals surface area contributed by atoms with E-state index in [1.165, 1.54) is 0 Å². The zero-order valence-electron chi connectivity index (χ0n) is 18.2. The lowest BCUT2D eigenvalue weighted by Gasteiger charge is -2.07. The summed E-state index contributed by atoms with van der Waals surface area (Å²) in [7, 11) is 1.65. The summed E-state index contributed by atoms with van der Waals surface area (Å²) in [4.78, 5) is 12.9. The summed E-state index contributed by atoms with van der Waals surface area (Å²) < 4.78 is 7.13. The van der Waals surface area contributed by atoms with Gasteiger partial charge in [0.2, 0.25) is 0 Å². The highest BCUT2D eigenvalue weighted by Crippen LogP contribution is 2.26. The number of nitrogens with zero attached hydrogens (tertiary/aromatic N) is 2. The number of amides is 1. The Kier molecular flexibility index (Phi) is 5.60. The maximum atomic E-state index is 12.9. The Bertz CT molecular complexity index is 1410. The third-order valence-corrected chi connectivity index (χ3v) is 5.63. The van der Waals surface area contributed by atoms with Crippen molar-refractivity contribution in [1.29, 1.82) is 0 Å². The Morgan fingerprint density at radius 2 is 1.61 bits per heavy atom. The summed E-state index contributed by atoms with van der Waals surface area (Å²) in [5.74, 6) is 0.668. The van der Waals surface area contributed by atoms with Crippen molar-refractivity contribution in [3.05, 3.63) is 114 Å². The summed E-state index contributed by atoms with van der Waals surface area (Å²) in [6, 6.07) is 31.5. The van der Waals surface area contributed by atoms with Gasteiger partial charge in [-0.15, -0.1) is 0 Å². The van der Waals surface area contributed by atoms with E-state index in [-0.39, 0.29) is 5.91 Å². The molecule has 0 aliphatic rings. The van der Waals surface area contributed by atoms with E-state index < -0.39 is 0 Å². The van der Waals surface area contributed by atoms with Crippen LogP contribution >= 0.6 is 0 Å². The van der Waals surface area contributed by atoms with E-state index in [4.69, 9.17) is 9.84 Å². The molecule has 5 heteroatoms. The maximum absolute atomic E-state index is 12.9. The van der Waals surface area contributed by atoms with E-state index in [0.717, 1.165) is 39.0 Å². The van der Waals surface area contributed by atoms with Crippen LogP contribution < -0.4 is 10.1 Å². The molecule has 1 heterocycles. The van der Waals surface area contributed by atoms with E-state index in [1.54, 1.807) is 7.11 Å². The van der Waals surface area contributed by atoms with Crippen molar-refractivity contribution in [2.45, 2.75) is 6.54 Å². The Morgan fingerprint density at radius 1 is 0.879 bits per heavy atom. The number of benzene rings is 4. The predicted molar refractivity (Wildman–Crippen MR) is 131 cm³/mol. The molecular formula is C28H23N3O2. The average molecular weight is 434 g/mol. The molecule has 1 N–H and O–H groups in total. The molecule has 162 valence electrons. The van der Waals surface area contributed by atoms with Gasteiger partial charge in [0, 0.05) is 29.4 Å². The minimum absolute atomic E-state index is 0.117. The summed E-state index contributed by atoms with van der Waals surface area (Å²) in [6.45, 7) is 0.361. The van der Waals surface area contributed by atoms with E-state index in [1.807, 2.05) is 108 Å². The monoisotopic (exact) mass is 433 g/mol. The summed E-state index contributed by atoms with van der Waals surface area (Å²) >= 11 is 0. The highest BCUT2D eigenvalue weighted by Gasteiger charge is 2.14. The molecule has 0 saturated carbocycles. The normalized spacial score (nSPS) is 10.8. The molecule has 5 rings (SSSR count). The lowest BCUT2D eigenvalue weighted by atomic mass is 10.1. The minimum Gasteiger partial charge on any atom is -0.497 e. The van der Waals surface area contributed by atoms with Crippen LogP contribution in [-0.2, 0) is 6.54 Å². The van der Waals surface area contributed by atoms with Gasteiger partial charge < -0.3 is 10.1 Å². The first-order chi connectivity index (χ1) is 16.2. The van der Waals surface area contributed by atoms with Crippen LogP contribution in [0.3, 0.4) is 0 Å². The molecule has 1 amide bonds. The van der Waals surface area contributed by atoms with Crippen LogP contribution in [0.25, 0.3) is 27.7 Å². The third kappa shape index (κ3) is 4.34. The lowest BCUT2D eigenvalue weighted by Crippen LogP contribution is -2.22. The second-order valence-electron chi connectivity index (χ2n) is 7.76. The second kappa shape index (κ2) is 9.01. The van der Waals surface area contributed by atoms with Crippen molar-refractivity contribution >= 4 is 16.7 Å². The van der Waals surface area contributed by atoms with E-state index in [2.05, 4.69) is 5.32 Å². The standard InChI is InChI=1S/C28H23N3O2/c1-33-26-15-13-21(14-16-26)27-24(19-31(30-27)25-9-3-2-4-10-25)18-29-28(32)23-12-11-20-7-5-6-8-22(20)17-23/h2-17,19H,18H2,1H3,(H,29,32). The molecule has 0 aliphatic carbocycles. The summed E-state index contributed by atoms with van der Waals surface area (Å²) in [6.07, 6.45) is 1.97. The van der Waals surface area contributed by atoms with Gasteiger partial charge in [0.25, 0.3) is 5.91 Å². The molecule has 0 saturated heterocycles. The topological polar surface area (TPSA) is 56.1 Å². The van der Waals surface area contributed by atoms with E-state index in [9.17, 15) is 4.79 Å². The van der Waals surface area contributed by atoms with Gasteiger partial charge in [-0.3, -0.25) is 4.79 Å². The average Bonchev–Trinajstić information content (AvgIpc) is 3.32. The number of fused-ring (bicyclic) bond motifs is 1. The predicted octanol–water partition coefficient (Wildman–Crippen LogP) is 5.63. The molecule has 0 bridgehead atoms. The highest BCUT2D eigenvalue weighted by molar-refractivity contribution is 5.98. The minimum atomic E-state index is -0.117. The number of nitrogens with one attached hydrogen (secondary N) is 1. The molecule has 0 atom stereocenters. The van der Waals surface area contributed by atoms with E-state index in [0.29, 0.717) is 12.1 Å². The first-order valence-corrected chi connectivity index (χ1v) is 10.8. The fourth-order valence-corrected chi connectivity index (χ4v) is 3.85. The van der Waals surface area contributed by atoms with Crippen molar-refractivity contribution < 1.29 is 9.53 Å². The smallest absolute Gasteiger partial charge is 0.251 e. The molecule has 0 fully saturated rings. The van der Waals surface area contributed by atoms with Crippen LogP contribution in [0.15, 0.2) is 103 Å². The number of hydrogen-bond acceptors (Lipinski definition) is 3. The molecule has 0 spiro atoms. The lowest BCUT2D eigenvalue weighted by molar-refractivity contribution is 0.0951. The van der Waals surface area contributed by atoms with E-state index >= 15 is 0 Å². The SMILES string of the molecule is COc1ccc(-c2nn(-c3ccccc3)cc2CNC(=O)c2ccc3ccccc3c2)cc1. The summed E-state index contributed by atoms with van der Waals surface area (Å²) in [5, 5.41) is 10.0. The molecule has 0 radical (unpaired) electrons. The van der Waals surface area contributed by atoms with Crippen molar-refractivity contribution in [3.8, 4) is 22.7 Å². The molecule has 0 aliphatic heterocycles. The van der Waals surface area contributed by atoms with Crippen LogP contribution in [0.1, 0.15) is 15.9 Å². The Labute approximate surface area is 192 Å². The number of aromatic nitrogens is 2. The number of carbonyl (C=O) groups is 1. The molecule has 0 unspecified atom stereocenters. The van der Waals surface area contributed by atoms with Gasteiger partial charge in [-0.1, -0.05) is 48.5 Å². The van der Waals surface area contributed by atoms with Crippen molar-refractivity contribution in [2.24, 2.45) is 0 Å². The zero-order chi connectivity index (χ0) is 22.6. The van der Waals surface area contributed by atoms with Gasteiger partial charge in [0.15, 0.2) is 0 Å². The van der Waals surface area contributed by atoms with Crippen molar-refractivity contribution in [1.82, 2.24) is 15.1 Å². The fourth-order valence-electron chi connectivity index (χ4n) is 3.85. The molecular weight excluding hydrogens is 410 g/mol. The van der Waals surface area contributed by atoms with Gasteiger partial charge >= 0.3 is 0 Å². The van der Waals surface area contributed by atoms with Crippen LogP contribution in [-0.4, -0.2) is 22.8 Å². The Hall–Kier alpha value is -4.38. The van der Waals surface area contributed by atoms with Crippen LogP contribution in [0, 0.1) is 0 Å². The molecule has 5 nitrogen and oxygen atoms in total. The van der Waals surface area contributed by atoms with Gasteiger partial charge in [-0.25, -0.2) is 4.68 Å². The van der Waals surface area contributed by atoms with Crippen LogP contribution in [0.4, 0.5) is 0 Å². The van der Waals surface area contributed by atoms with Crippen molar-refractivity contribution in [2.75, 3.05) is 7.11 Å². The second-order valence-corrected chi connectivity index (χ2v) is 7.76. The largest absolute Gasteiger partial charge is 0.497 e. The number of rotatable bonds is 6. The first kappa shape index (κ1) is 20.5. The fraction of sp³-hybridized carbons (Fsp3) is 0.0714. The molecule has 1 aromatic heterocycles. The molecule has 4 aromatic carbocycles. The van der Waals surface area contributed by atoms with Gasteiger partial charge in [0.1, 0.15) is 5.75 Å². The summed E-state index contributed by atoms with van der Waals surface area (Å²) in [5.41, 5.74) is 4.30. The quantitative estimate of drug-likeness (QED) is 0.378. The number of hydrogen-bond donors (Lipinski definition) is 1.